The summed E-state index contributed by atoms with van der Waals surface area (Å²) in [6, 6.07) is 0. The molecule has 0 rings (SSSR count). The standard InChI is InChI=1S/C9H18F3NO3/c1-15-5-6-16-4-2-3-13-7-8(14)9(10,11)12/h8,13-14H,2-7H2,1H3. The number of rotatable bonds is 9. The average molecular weight is 245 g/mol. The lowest BCUT2D eigenvalue weighted by Crippen LogP contribution is -2.38. The van der Waals surface area contributed by atoms with Gasteiger partial charge in [0, 0.05) is 20.3 Å². The van der Waals surface area contributed by atoms with Crippen LogP contribution in [0, 0.1) is 0 Å². The van der Waals surface area contributed by atoms with Gasteiger partial charge in [-0.2, -0.15) is 13.2 Å². The van der Waals surface area contributed by atoms with Crippen molar-refractivity contribution in [2.75, 3.05) is 40.0 Å². The summed E-state index contributed by atoms with van der Waals surface area (Å²) in [4.78, 5) is 0. The molecule has 0 amide bonds. The number of methoxy groups -OCH3 is 1. The highest BCUT2D eigenvalue weighted by atomic mass is 19.4. The van der Waals surface area contributed by atoms with Crippen LogP contribution in [0.25, 0.3) is 0 Å². The number of ether oxygens (including phenoxy) is 2. The maximum absolute atomic E-state index is 11.8. The van der Waals surface area contributed by atoms with Crippen molar-refractivity contribution >= 4 is 0 Å². The summed E-state index contributed by atoms with van der Waals surface area (Å²) in [7, 11) is 1.56. The van der Waals surface area contributed by atoms with Crippen LogP contribution >= 0.6 is 0 Å². The average Bonchev–Trinajstić information content (AvgIpc) is 2.20. The molecule has 0 aliphatic carbocycles. The van der Waals surface area contributed by atoms with Crippen LogP contribution in [-0.4, -0.2) is 57.4 Å². The lowest BCUT2D eigenvalue weighted by Gasteiger charge is -2.14. The number of hydrogen-bond acceptors (Lipinski definition) is 4. The van der Waals surface area contributed by atoms with Crippen LogP contribution in [0.5, 0.6) is 0 Å². The van der Waals surface area contributed by atoms with E-state index in [0.717, 1.165) is 0 Å². The molecule has 98 valence electrons. The molecule has 0 saturated heterocycles. The van der Waals surface area contributed by atoms with Crippen LogP contribution in [0.3, 0.4) is 0 Å². The Morgan fingerprint density at radius 2 is 1.94 bits per heavy atom. The van der Waals surface area contributed by atoms with Gasteiger partial charge < -0.3 is 19.9 Å². The lowest BCUT2D eigenvalue weighted by atomic mass is 10.3. The lowest BCUT2D eigenvalue weighted by molar-refractivity contribution is -0.201. The van der Waals surface area contributed by atoms with Crippen molar-refractivity contribution in [2.24, 2.45) is 0 Å². The zero-order chi connectivity index (χ0) is 12.4. The van der Waals surface area contributed by atoms with Gasteiger partial charge in [0.15, 0.2) is 6.10 Å². The normalized spacial score (nSPS) is 14.1. The van der Waals surface area contributed by atoms with Crippen molar-refractivity contribution < 1.29 is 27.8 Å². The van der Waals surface area contributed by atoms with Gasteiger partial charge in [-0.25, -0.2) is 0 Å². The fourth-order valence-electron chi connectivity index (χ4n) is 0.898. The zero-order valence-corrected chi connectivity index (χ0v) is 9.22. The quantitative estimate of drug-likeness (QED) is 0.583. The number of nitrogens with one attached hydrogen (secondary N) is 1. The van der Waals surface area contributed by atoms with Crippen molar-refractivity contribution in [3.8, 4) is 0 Å². The molecule has 4 nitrogen and oxygen atoms in total. The molecule has 0 aromatic rings. The molecular formula is C9H18F3NO3. The Bertz CT molecular complexity index is 167. The predicted molar refractivity (Wildman–Crippen MR) is 52.2 cm³/mol. The molecule has 7 heteroatoms. The van der Waals surface area contributed by atoms with Crippen molar-refractivity contribution in [3.05, 3.63) is 0 Å². The second-order valence-corrected chi connectivity index (χ2v) is 3.22. The summed E-state index contributed by atoms with van der Waals surface area (Å²) in [6.07, 6.45) is -6.27. The molecule has 0 spiro atoms. The Balaban J connectivity index is 3.21. The second-order valence-electron chi connectivity index (χ2n) is 3.22. The van der Waals surface area contributed by atoms with Crippen LogP contribution in [0.1, 0.15) is 6.42 Å². The summed E-state index contributed by atoms with van der Waals surface area (Å²) >= 11 is 0. The van der Waals surface area contributed by atoms with Crippen LogP contribution in [0.15, 0.2) is 0 Å². The van der Waals surface area contributed by atoms with Gasteiger partial charge in [0.2, 0.25) is 0 Å². The molecule has 16 heavy (non-hydrogen) atoms. The van der Waals surface area contributed by atoms with Crippen LogP contribution in [0.4, 0.5) is 13.2 Å². The van der Waals surface area contributed by atoms with Crippen molar-refractivity contribution in [2.45, 2.75) is 18.7 Å². The summed E-state index contributed by atoms with van der Waals surface area (Å²) in [5.74, 6) is 0. The largest absolute Gasteiger partial charge is 0.415 e. The van der Waals surface area contributed by atoms with E-state index in [-0.39, 0.29) is 0 Å². The topological polar surface area (TPSA) is 50.7 Å². The van der Waals surface area contributed by atoms with Crippen LogP contribution in [-0.2, 0) is 9.47 Å². The molecule has 0 radical (unpaired) electrons. The van der Waals surface area contributed by atoms with E-state index in [1.165, 1.54) is 0 Å². The minimum atomic E-state index is -4.55. The summed E-state index contributed by atoms with van der Waals surface area (Å²) < 4.78 is 45.3. The van der Waals surface area contributed by atoms with E-state index in [4.69, 9.17) is 14.6 Å². The molecule has 1 unspecified atom stereocenters. The van der Waals surface area contributed by atoms with E-state index in [2.05, 4.69) is 5.32 Å². The van der Waals surface area contributed by atoms with E-state index < -0.39 is 18.8 Å². The third-order valence-electron chi connectivity index (χ3n) is 1.79. The predicted octanol–water partition coefficient (Wildman–Crippen LogP) is 0.552. The molecule has 0 aliphatic rings. The van der Waals surface area contributed by atoms with Gasteiger partial charge in [0.1, 0.15) is 0 Å². The number of halogens is 3. The van der Waals surface area contributed by atoms with Gasteiger partial charge in [-0.1, -0.05) is 0 Å². The summed E-state index contributed by atoms with van der Waals surface area (Å²) in [6.45, 7) is 1.32. The fraction of sp³-hybridized carbons (Fsp3) is 1.00. The molecule has 2 N–H and O–H groups in total. The first-order chi connectivity index (χ1) is 7.48. The Morgan fingerprint density at radius 1 is 1.25 bits per heavy atom. The van der Waals surface area contributed by atoms with Crippen molar-refractivity contribution in [3.63, 3.8) is 0 Å². The SMILES string of the molecule is COCCOCCCNCC(O)C(F)(F)F. The van der Waals surface area contributed by atoms with Crippen LogP contribution < -0.4 is 5.32 Å². The van der Waals surface area contributed by atoms with E-state index in [1.54, 1.807) is 7.11 Å². The first-order valence-corrected chi connectivity index (χ1v) is 5.00. The third-order valence-corrected chi connectivity index (χ3v) is 1.79. The Hall–Kier alpha value is -0.370. The molecule has 0 aromatic heterocycles. The van der Waals surface area contributed by atoms with Crippen molar-refractivity contribution in [1.82, 2.24) is 5.32 Å². The molecule has 0 fully saturated rings. The van der Waals surface area contributed by atoms with E-state index in [1.807, 2.05) is 0 Å². The Labute approximate surface area is 92.7 Å². The van der Waals surface area contributed by atoms with Crippen molar-refractivity contribution in [1.29, 1.82) is 0 Å². The zero-order valence-electron chi connectivity index (χ0n) is 9.22. The molecule has 0 aromatic carbocycles. The Kier molecular flexibility index (Phi) is 8.54. The second kappa shape index (κ2) is 8.74. The number of aliphatic hydroxyl groups is 1. The summed E-state index contributed by atoms with van der Waals surface area (Å²) in [5, 5.41) is 11.1. The highest BCUT2D eigenvalue weighted by Crippen LogP contribution is 2.18. The monoisotopic (exact) mass is 245 g/mol. The Morgan fingerprint density at radius 3 is 2.50 bits per heavy atom. The van der Waals surface area contributed by atoms with Gasteiger partial charge in [0.25, 0.3) is 0 Å². The summed E-state index contributed by atoms with van der Waals surface area (Å²) in [5.41, 5.74) is 0. The maximum Gasteiger partial charge on any atom is 0.415 e. The first-order valence-electron chi connectivity index (χ1n) is 5.00. The van der Waals surface area contributed by atoms with Crippen LogP contribution in [0.2, 0.25) is 0 Å². The van der Waals surface area contributed by atoms with Gasteiger partial charge in [0.05, 0.1) is 13.2 Å². The highest BCUT2D eigenvalue weighted by molar-refractivity contribution is 4.67. The molecule has 0 bridgehead atoms. The smallest absolute Gasteiger partial charge is 0.382 e. The molecule has 1 atom stereocenters. The molecule has 0 heterocycles. The van der Waals surface area contributed by atoms with Gasteiger partial charge in [-0.15, -0.1) is 0 Å². The molecule has 0 saturated carbocycles. The maximum atomic E-state index is 11.8. The minimum absolute atomic E-state index is 0.375. The van der Waals surface area contributed by atoms with Gasteiger partial charge in [-0.3, -0.25) is 0 Å². The number of alkyl halides is 3. The molecular weight excluding hydrogens is 227 g/mol. The third kappa shape index (κ3) is 8.90. The van der Waals surface area contributed by atoms with E-state index >= 15 is 0 Å². The first kappa shape index (κ1) is 15.6. The van der Waals surface area contributed by atoms with E-state index in [0.29, 0.717) is 32.8 Å². The minimum Gasteiger partial charge on any atom is -0.382 e. The number of hydrogen-bond donors (Lipinski definition) is 2. The molecule has 0 aliphatic heterocycles. The fourth-order valence-corrected chi connectivity index (χ4v) is 0.898. The number of aliphatic hydroxyl groups excluding tert-OH is 1. The highest BCUT2D eigenvalue weighted by Gasteiger charge is 2.37. The van der Waals surface area contributed by atoms with Gasteiger partial charge >= 0.3 is 6.18 Å². The van der Waals surface area contributed by atoms with E-state index in [9.17, 15) is 13.2 Å². The van der Waals surface area contributed by atoms with Gasteiger partial charge in [-0.05, 0) is 13.0 Å².